The molecule has 3 N–H and O–H groups in total. The van der Waals surface area contributed by atoms with Gasteiger partial charge in [-0.25, -0.2) is 0 Å². The summed E-state index contributed by atoms with van der Waals surface area (Å²) in [6, 6.07) is 7.80. The van der Waals surface area contributed by atoms with Crippen molar-refractivity contribution in [1.29, 1.82) is 0 Å². The fraction of sp³-hybridized carbons (Fsp3) is 0.385. The molecule has 0 aliphatic rings. The largest absolute Gasteiger partial charge is 0.469 e. The van der Waals surface area contributed by atoms with Crippen LogP contribution in [0, 0.1) is 12.8 Å². The maximum absolute atomic E-state index is 11.2. The standard InChI is InChI=1S/C13H19N3O2.HI/c1-9-5-4-6-11(7-9)16-13(14)15-8-10(2)12(17)18-3;/h4-7,10H,8H2,1-3H3,(H3,14,15,16);1H. The summed E-state index contributed by atoms with van der Waals surface area (Å²) < 4.78 is 4.61. The first-order chi connectivity index (χ1) is 8.52. The molecule has 1 rings (SSSR count). The number of halogens is 1. The lowest BCUT2D eigenvalue weighted by Gasteiger charge is -2.08. The Morgan fingerprint density at radius 3 is 2.79 bits per heavy atom. The van der Waals surface area contributed by atoms with E-state index in [9.17, 15) is 4.79 Å². The van der Waals surface area contributed by atoms with Gasteiger partial charge in [0.1, 0.15) is 0 Å². The quantitative estimate of drug-likeness (QED) is 0.365. The van der Waals surface area contributed by atoms with Gasteiger partial charge in [-0.05, 0) is 24.6 Å². The van der Waals surface area contributed by atoms with Crippen LogP contribution in [0.25, 0.3) is 0 Å². The number of hydrogen-bond acceptors (Lipinski definition) is 3. The van der Waals surface area contributed by atoms with E-state index in [2.05, 4.69) is 15.0 Å². The summed E-state index contributed by atoms with van der Waals surface area (Å²) in [5.41, 5.74) is 7.74. The molecule has 1 unspecified atom stereocenters. The molecule has 0 radical (unpaired) electrons. The average Bonchev–Trinajstić information content (AvgIpc) is 2.35. The molecule has 0 saturated carbocycles. The Labute approximate surface area is 130 Å². The molecule has 1 aromatic carbocycles. The highest BCUT2D eigenvalue weighted by Crippen LogP contribution is 2.09. The number of carbonyl (C=O) groups is 1. The average molecular weight is 377 g/mol. The fourth-order valence-corrected chi connectivity index (χ4v) is 1.42. The summed E-state index contributed by atoms with van der Waals surface area (Å²) in [4.78, 5) is 15.3. The van der Waals surface area contributed by atoms with E-state index >= 15 is 0 Å². The van der Waals surface area contributed by atoms with E-state index in [4.69, 9.17) is 5.73 Å². The highest BCUT2D eigenvalue weighted by molar-refractivity contribution is 14.0. The molecule has 0 saturated heterocycles. The molecule has 0 bridgehead atoms. The number of nitrogens with one attached hydrogen (secondary N) is 1. The number of hydrogen-bond donors (Lipinski definition) is 2. The van der Waals surface area contributed by atoms with Crippen LogP contribution in [0.2, 0.25) is 0 Å². The lowest BCUT2D eigenvalue weighted by atomic mass is 10.2. The van der Waals surface area contributed by atoms with Gasteiger partial charge in [0, 0.05) is 5.69 Å². The van der Waals surface area contributed by atoms with Crippen molar-refractivity contribution in [2.45, 2.75) is 13.8 Å². The molecule has 0 spiro atoms. The first kappa shape index (κ1) is 17.7. The van der Waals surface area contributed by atoms with Gasteiger partial charge < -0.3 is 15.8 Å². The summed E-state index contributed by atoms with van der Waals surface area (Å²) in [6.45, 7) is 4.05. The molecule has 0 heterocycles. The number of rotatable bonds is 4. The Kier molecular flexibility index (Phi) is 8.13. The zero-order valence-electron chi connectivity index (χ0n) is 11.3. The molecule has 0 fully saturated rings. The number of aliphatic imine (C=N–C) groups is 1. The Balaban J connectivity index is 0.00000324. The fourth-order valence-electron chi connectivity index (χ4n) is 1.42. The van der Waals surface area contributed by atoms with Crippen molar-refractivity contribution in [3.63, 3.8) is 0 Å². The third-order valence-electron chi connectivity index (χ3n) is 2.43. The summed E-state index contributed by atoms with van der Waals surface area (Å²) in [5.74, 6) is -0.300. The molecule has 5 nitrogen and oxygen atoms in total. The van der Waals surface area contributed by atoms with Gasteiger partial charge in [-0.15, -0.1) is 24.0 Å². The van der Waals surface area contributed by atoms with Crippen molar-refractivity contribution in [3.05, 3.63) is 29.8 Å². The van der Waals surface area contributed by atoms with Crippen LogP contribution in [0.3, 0.4) is 0 Å². The van der Waals surface area contributed by atoms with Crippen LogP contribution in [0.5, 0.6) is 0 Å². The molecular formula is C13H20IN3O2. The van der Waals surface area contributed by atoms with Crippen molar-refractivity contribution >= 4 is 41.6 Å². The Morgan fingerprint density at radius 2 is 2.21 bits per heavy atom. The van der Waals surface area contributed by atoms with E-state index in [1.165, 1.54) is 7.11 Å². The number of nitrogens with zero attached hydrogens (tertiary/aromatic N) is 1. The summed E-state index contributed by atoms with van der Waals surface area (Å²) >= 11 is 0. The maximum Gasteiger partial charge on any atom is 0.310 e. The lowest BCUT2D eigenvalue weighted by Crippen LogP contribution is -2.25. The van der Waals surface area contributed by atoms with E-state index in [0.717, 1.165) is 11.3 Å². The van der Waals surface area contributed by atoms with E-state index in [0.29, 0.717) is 6.54 Å². The molecule has 106 valence electrons. The minimum atomic E-state index is -0.298. The van der Waals surface area contributed by atoms with Crippen LogP contribution in [-0.2, 0) is 9.53 Å². The molecular weight excluding hydrogens is 357 g/mol. The smallest absolute Gasteiger partial charge is 0.310 e. The second kappa shape index (κ2) is 8.73. The second-order valence-corrected chi connectivity index (χ2v) is 4.14. The number of benzene rings is 1. The zero-order valence-corrected chi connectivity index (χ0v) is 13.7. The van der Waals surface area contributed by atoms with E-state index in [1.54, 1.807) is 6.92 Å². The van der Waals surface area contributed by atoms with Crippen LogP contribution >= 0.6 is 24.0 Å². The predicted molar refractivity (Wildman–Crippen MR) is 87.9 cm³/mol. The Hall–Kier alpha value is -1.31. The monoisotopic (exact) mass is 377 g/mol. The number of nitrogens with two attached hydrogens (primary N) is 1. The third kappa shape index (κ3) is 6.42. The van der Waals surface area contributed by atoms with Gasteiger partial charge in [-0.1, -0.05) is 19.1 Å². The van der Waals surface area contributed by atoms with Crippen molar-refractivity contribution in [3.8, 4) is 0 Å². The first-order valence-electron chi connectivity index (χ1n) is 5.74. The molecule has 1 atom stereocenters. The number of ether oxygens (including phenoxy) is 1. The number of methoxy groups -OCH3 is 1. The molecule has 1 aromatic rings. The van der Waals surface area contributed by atoms with Gasteiger partial charge in [0.15, 0.2) is 5.96 Å². The molecule has 0 aliphatic heterocycles. The highest BCUT2D eigenvalue weighted by Gasteiger charge is 2.11. The van der Waals surface area contributed by atoms with Crippen molar-refractivity contribution in [2.24, 2.45) is 16.6 Å². The lowest BCUT2D eigenvalue weighted by molar-refractivity contribution is -0.144. The van der Waals surface area contributed by atoms with E-state index in [1.807, 2.05) is 31.2 Å². The van der Waals surface area contributed by atoms with Crippen molar-refractivity contribution in [1.82, 2.24) is 0 Å². The predicted octanol–water partition coefficient (Wildman–Crippen LogP) is 2.15. The molecule has 6 heteroatoms. The second-order valence-electron chi connectivity index (χ2n) is 4.14. The van der Waals surface area contributed by atoms with Gasteiger partial charge in [0.25, 0.3) is 0 Å². The van der Waals surface area contributed by atoms with Crippen molar-refractivity contribution in [2.75, 3.05) is 19.0 Å². The topological polar surface area (TPSA) is 76.7 Å². The minimum absolute atomic E-state index is 0. The normalized spacial score (nSPS) is 12.3. The minimum Gasteiger partial charge on any atom is -0.469 e. The van der Waals surface area contributed by atoms with Crippen LogP contribution in [-0.4, -0.2) is 25.6 Å². The van der Waals surface area contributed by atoms with Gasteiger partial charge in [-0.3, -0.25) is 9.79 Å². The molecule has 0 aliphatic carbocycles. The molecule has 19 heavy (non-hydrogen) atoms. The molecule has 0 aromatic heterocycles. The van der Waals surface area contributed by atoms with Gasteiger partial charge >= 0.3 is 5.97 Å². The van der Waals surface area contributed by atoms with Crippen LogP contribution < -0.4 is 11.1 Å². The third-order valence-corrected chi connectivity index (χ3v) is 2.43. The summed E-state index contributed by atoms with van der Waals surface area (Å²) in [5, 5.41) is 2.97. The van der Waals surface area contributed by atoms with E-state index in [-0.39, 0.29) is 41.8 Å². The van der Waals surface area contributed by atoms with E-state index < -0.39 is 0 Å². The summed E-state index contributed by atoms with van der Waals surface area (Å²) in [7, 11) is 1.36. The highest BCUT2D eigenvalue weighted by atomic mass is 127. The number of carbonyl (C=O) groups excluding carboxylic acids is 1. The van der Waals surface area contributed by atoms with Gasteiger partial charge in [0.2, 0.25) is 0 Å². The maximum atomic E-state index is 11.2. The Bertz CT molecular complexity index is 449. The number of esters is 1. The zero-order chi connectivity index (χ0) is 13.5. The van der Waals surface area contributed by atoms with Gasteiger partial charge in [0.05, 0.1) is 19.6 Å². The van der Waals surface area contributed by atoms with Crippen LogP contribution in [0.15, 0.2) is 29.3 Å². The molecule has 0 amide bonds. The number of guanidine groups is 1. The van der Waals surface area contributed by atoms with Crippen LogP contribution in [0.1, 0.15) is 12.5 Å². The van der Waals surface area contributed by atoms with Crippen molar-refractivity contribution < 1.29 is 9.53 Å². The van der Waals surface area contributed by atoms with Gasteiger partial charge in [-0.2, -0.15) is 0 Å². The SMILES string of the molecule is COC(=O)C(C)CN=C(N)Nc1cccc(C)c1.I. The number of anilines is 1. The summed E-state index contributed by atoms with van der Waals surface area (Å²) in [6.07, 6.45) is 0. The number of aryl methyl sites for hydroxylation is 1. The Morgan fingerprint density at radius 1 is 1.53 bits per heavy atom. The first-order valence-corrected chi connectivity index (χ1v) is 5.74. The van der Waals surface area contributed by atoms with Crippen LogP contribution in [0.4, 0.5) is 5.69 Å².